The van der Waals surface area contributed by atoms with E-state index in [4.69, 9.17) is 4.74 Å². The van der Waals surface area contributed by atoms with E-state index >= 15 is 0 Å². The van der Waals surface area contributed by atoms with Crippen molar-refractivity contribution in [2.24, 2.45) is 0 Å². The number of rotatable bonds is 3. The first kappa shape index (κ1) is 14.1. The van der Waals surface area contributed by atoms with Gasteiger partial charge in [-0.15, -0.1) is 0 Å². The maximum atomic E-state index is 11.7. The maximum absolute atomic E-state index is 11.7. The number of hydrogen-bond donors (Lipinski definition) is 1. The first-order valence-electron chi connectivity index (χ1n) is 6.53. The molecule has 1 aromatic carbocycles. The molecule has 1 aromatic rings. The van der Waals surface area contributed by atoms with Crippen LogP contribution in [0.4, 0.5) is 4.79 Å². The molecule has 0 aromatic heterocycles. The van der Waals surface area contributed by atoms with E-state index in [2.05, 4.69) is 5.32 Å². The van der Waals surface area contributed by atoms with Crippen LogP contribution in [-0.2, 0) is 4.79 Å². The van der Waals surface area contributed by atoms with Gasteiger partial charge >= 0.3 is 6.09 Å². The molecule has 5 nitrogen and oxygen atoms in total. The van der Waals surface area contributed by atoms with Crippen LogP contribution in [0.15, 0.2) is 24.3 Å². The third kappa shape index (κ3) is 2.99. The Kier molecular flexibility index (Phi) is 4.08. The second-order valence-corrected chi connectivity index (χ2v) is 4.71. The van der Waals surface area contributed by atoms with Crippen LogP contribution in [0.3, 0.4) is 0 Å². The van der Waals surface area contributed by atoms with Crippen LogP contribution >= 0.6 is 0 Å². The average Bonchev–Trinajstić information content (AvgIpc) is 2.80. The zero-order valence-corrected chi connectivity index (χ0v) is 11.8. The lowest BCUT2D eigenvalue weighted by Gasteiger charge is -2.16. The lowest BCUT2D eigenvalue weighted by molar-refractivity contribution is -0.119. The van der Waals surface area contributed by atoms with E-state index in [9.17, 15) is 9.59 Å². The van der Waals surface area contributed by atoms with E-state index in [-0.39, 0.29) is 11.9 Å². The van der Waals surface area contributed by atoms with Gasteiger partial charge in [0.05, 0.1) is 6.04 Å². The number of hydrogen-bond acceptors (Lipinski definition) is 3. The highest BCUT2D eigenvalue weighted by Gasteiger charge is 2.19. The predicted octanol–water partition coefficient (Wildman–Crippen LogP) is 2.34. The summed E-state index contributed by atoms with van der Waals surface area (Å²) in [6.45, 7) is 3.94. The number of fused-ring (bicyclic) bond motifs is 1. The van der Waals surface area contributed by atoms with Gasteiger partial charge in [-0.05, 0) is 30.2 Å². The number of nitrogens with zero attached hydrogens (tertiary/aromatic N) is 1. The summed E-state index contributed by atoms with van der Waals surface area (Å²) in [7, 11) is 1.68. The van der Waals surface area contributed by atoms with E-state index in [1.54, 1.807) is 19.2 Å². The second kappa shape index (κ2) is 5.77. The fraction of sp³-hybridized carbons (Fsp3) is 0.333. The molecular formula is C15H18N2O3. The van der Waals surface area contributed by atoms with Crippen molar-refractivity contribution >= 4 is 18.1 Å². The van der Waals surface area contributed by atoms with Crippen LogP contribution in [0.25, 0.3) is 6.08 Å². The van der Waals surface area contributed by atoms with Crippen molar-refractivity contribution < 1.29 is 14.3 Å². The smallest absolute Gasteiger partial charge is 0.410 e. The lowest BCUT2D eigenvalue weighted by atomic mass is 10.1. The summed E-state index contributed by atoms with van der Waals surface area (Å²) in [4.78, 5) is 24.4. The van der Waals surface area contributed by atoms with Gasteiger partial charge in [0.15, 0.2) is 0 Å². The van der Waals surface area contributed by atoms with Crippen LogP contribution in [0.5, 0.6) is 5.75 Å². The van der Waals surface area contributed by atoms with E-state index in [0.29, 0.717) is 12.3 Å². The monoisotopic (exact) mass is 274 g/mol. The van der Waals surface area contributed by atoms with Crippen LogP contribution in [0.1, 0.15) is 31.0 Å². The molecule has 1 atom stereocenters. The normalized spacial score (nSPS) is 15.7. The molecule has 1 aliphatic carbocycles. The van der Waals surface area contributed by atoms with Crippen molar-refractivity contribution in [2.45, 2.75) is 19.9 Å². The zero-order chi connectivity index (χ0) is 14.7. The fourth-order valence-electron chi connectivity index (χ4n) is 1.99. The molecule has 0 unspecified atom stereocenters. The molecule has 20 heavy (non-hydrogen) atoms. The third-order valence-corrected chi connectivity index (χ3v) is 3.21. The van der Waals surface area contributed by atoms with Crippen LogP contribution in [-0.4, -0.2) is 30.5 Å². The molecule has 0 fully saturated rings. The van der Waals surface area contributed by atoms with Crippen LogP contribution < -0.4 is 10.1 Å². The van der Waals surface area contributed by atoms with Crippen molar-refractivity contribution in [3.63, 3.8) is 0 Å². The van der Waals surface area contributed by atoms with Crippen molar-refractivity contribution in [3.05, 3.63) is 35.4 Å². The van der Waals surface area contributed by atoms with Gasteiger partial charge in [0.2, 0.25) is 5.91 Å². The number of carbonyl (C=O) groups excluding carboxylic acids is 2. The Balaban J connectivity index is 2.16. The van der Waals surface area contributed by atoms with Gasteiger partial charge in [-0.3, -0.25) is 4.79 Å². The van der Waals surface area contributed by atoms with Gasteiger partial charge in [-0.1, -0.05) is 18.2 Å². The molecule has 0 bridgehead atoms. The molecule has 0 radical (unpaired) electrons. The maximum Gasteiger partial charge on any atom is 0.414 e. The summed E-state index contributed by atoms with van der Waals surface area (Å²) in [5.41, 5.74) is 1.96. The van der Waals surface area contributed by atoms with Crippen molar-refractivity contribution in [2.75, 3.05) is 13.6 Å². The Morgan fingerprint density at radius 3 is 2.80 bits per heavy atom. The van der Waals surface area contributed by atoms with Crippen molar-refractivity contribution in [1.29, 1.82) is 0 Å². The van der Waals surface area contributed by atoms with Gasteiger partial charge in [-0.25, -0.2) is 4.79 Å². The summed E-state index contributed by atoms with van der Waals surface area (Å²) in [5.74, 6) is 0.383. The molecule has 0 heterocycles. The highest BCUT2D eigenvalue weighted by molar-refractivity contribution is 5.76. The van der Waals surface area contributed by atoms with Gasteiger partial charge in [-0.2, -0.15) is 0 Å². The third-order valence-electron chi connectivity index (χ3n) is 3.21. The molecule has 0 saturated heterocycles. The average molecular weight is 274 g/mol. The summed E-state index contributed by atoms with van der Waals surface area (Å²) in [5, 5.41) is 2.84. The minimum Gasteiger partial charge on any atom is -0.410 e. The quantitative estimate of drug-likeness (QED) is 0.920. The molecule has 0 spiro atoms. The standard InChI is InChI=1S/C15H18N2O3/c1-4-17(3)15(19)20-12-7-5-11-6-8-14(13(11)9-12)16-10(2)18/h5-9,14H,4H2,1-3H3,(H,16,18)/t14-/m0/s1. The highest BCUT2D eigenvalue weighted by atomic mass is 16.6. The Bertz CT molecular complexity index is 566. The van der Waals surface area contributed by atoms with E-state index in [0.717, 1.165) is 11.1 Å². The van der Waals surface area contributed by atoms with Crippen LogP contribution in [0.2, 0.25) is 0 Å². The van der Waals surface area contributed by atoms with Gasteiger partial charge in [0.1, 0.15) is 5.75 Å². The molecular weight excluding hydrogens is 256 g/mol. The van der Waals surface area contributed by atoms with Gasteiger partial charge < -0.3 is 15.0 Å². The largest absolute Gasteiger partial charge is 0.414 e. The Morgan fingerprint density at radius 1 is 1.40 bits per heavy atom. The van der Waals surface area contributed by atoms with Crippen LogP contribution in [0, 0.1) is 0 Å². The highest BCUT2D eigenvalue weighted by Crippen LogP contribution is 2.31. The molecule has 1 aliphatic rings. The lowest BCUT2D eigenvalue weighted by Crippen LogP contribution is -2.29. The summed E-state index contributed by atoms with van der Waals surface area (Å²) in [6.07, 6.45) is 3.46. The summed E-state index contributed by atoms with van der Waals surface area (Å²) >= 11 is 0. The SMILES string of the molecule is CCN(C)C(=O)Oc1ccc2c(c1)[C@@H](NC(C)=O)C=C2. The molecule has 0 aliphatic heterocycles. The number of benzene rings is 1. The van der Waals surface area contributed by atoms with Gasteiger partial charge in [0, 0.05) is 20.5 Å². The minimum atomic E-state index is -0.394. The van der Waals surface area contributed by atoms with Gasteiger partial charge in [0.25, 0.3) is 0 Å². The first-order chi connectivity index (χ1) is 9.51. The number of ether oxygens (including phenoxy) is 1. The minimum absolute atomic E-state index is 0.0967. The van der Waals surface area contributed by atoms with E-state index in [1.165, 1.54) is 11.8 Å². The van der Waals surface area contributed by atoms with E-state index in [1.807, 2.05) is 25.1 Å². The molecule has 2 amide bonds. The fourth-order valence-corrected chi connectivity index (χ4v) is 1.99. The topological polar surface area (TPSA) is 58.6 Å². The molecule has 0 saturated carbocycles. The molecule has 106 valence electrons. The molecule has 1 N–H and O–H groups in total. The Labute approximate surface area is 118 Å². The summed E-state index contributed by atoms with van der Waals surface area (Å²) < 4.78 is 5.29. The van der Waals surface area contributed by atoms with E-state index < -0.39 is 6.09 Å². The number of nitrogens with one attached hydrogen (secondary N) is 1. The zero-order valence-electron chi connectivity index (χ0n) is 11.8. The van der Waals surface area contributed by atoms with Crippen molar-refractivity contribution in [3.8, 4) is 5.75 Å². The first-order valence-corrected chi connectivity index (χ1v) is 6.53. The predicted molar refractivity (Wildman–Crippen MR) is 76.4 cm³/mol. The Morgan fingerprint density at radius 2 is 2.15 bits per heavy atom. The van der Waals surface area contributed by atoms with Crippen molar-refractivity contribution in [1.82, 2.24) is 10.2 Å². The number of carbonyl (C=O) groups is 2. The number of amides is 2. The second-order valence-electron chi connectivity index (χ2n) is 4.71. The molecule has 2 rings (SSSR count). The molecule has 5 heteroatoms. The summed E-state index contributed by atoms with van der Waals surface area (Å²) in [6, 6.07) is 5.25. The Hall–Kier alpha value is -2.30.